The van der Waals surface area contributed by atoms with Gasteiger partial charge < -0.3 is 15.2 Å². The van der Waals surface area contributed by atoms with Crippen LogP contribution in [0.15, 0.2) is 42.5 Å². The summed E-state index contributed by atoms with van der Waals surface area (Å²) < 4.78 is 5.80. The third-order valence-corrected chi connectivity index (χ3v) is 4.17. The molecule has 1 aliphatic heterocycles. The molecule has 1 atom stereocenters. The van der Waals surface area contributed by atoms with Crippen LogP contribution < -0.4 is 10.1 Å². The molecule has 1 unspecified atom stereocenters. The lowest BCUT2D eigenvalue weighted by atomic mass is 10.0. The van der Waals surface area contributed by atoms with E-state index in [2.05, 4.69) is 5.32 Å². The molecule has 1 heterocycles. The van der Waals surface area contributed by atoms with Crippen molar-refractivity contribution >= 4 is 17.7 Å². The van der Waals surface area contributed by atoms with E-state index in [1.165, 1.54) is 0 Å². The number of carbonyl (C=O) groups excluding carboxylic acids is 1. The third-order valence-electron chi connectivity index (χ3n) is 4.17. The fraction of sp³-hybridized carbons (Fsp3) is 0.250. The first-order valence-electron chi connectivity index (χ1n) is 7.92. The molecule has 124 valence electrons. The smallest absolute Gasteiger partial charge is 0.255 e. The number of benzene rings is 2. The zero-order valence-electron chi connectivity index (χ0n) is 14.1. The van der Waals surface area contributed by atoms with Crippen molar-refractivity contribution in [3.63, 3.8) is 0 Å². The topological polar surface area (TPSA) is 58.6 Å². The lowest BCUT2D eigenvalue weighted by Crippen LogP contribution is -2.35. The van der Waals surface area contributed by atoms with Gasteiger partial charge in [0.25, 0.3) is 5.91 Å². The molecule has 0 bridgehead atoms. The lowest BCUT2D eigenvalue weighted by molar-refractivity contribution is 0.0641. The molecule has 0 saturated heterocycles. The Hall–Kier alpha value is -2.59. The van der Waals surface area contributed by atoms with Gasteiger partial charge in [-0.3, -0.25) is 4.79 Å². The summed E-state index contributed by atoms with van der Waals surface area (Å²) in [5, 5.41) is 12.3. The first-order valence-corrected chi connectivity index (χ1v) is 7.92. The minimum absolute atomic E-state index is 0.0892. The second-order valence-electron chi connectivity index (χ2n) is 6.43. The zero-order chi connectivity index (χ0) is 17.3. The van der Waals surface area contributed by atoms with Gasteiger partial charge >= 0.3 is 0 Å². The van der Waals surface area contributed by atoms with Crippen LogP contribution in [0.5, 0.6) is 5.75 Å². The monoisotopic (exact) mass is 323 g/mol. The first kappa shape index (κ1) is 16.3. The summed E-state index contributed by atoms with van der Waals surface area (Å²) in [6.45, 7) is 5.67. The quantitative estimate of drug-likeness (QED) is 0.905. The van der Waals surface area contributed by atoms with Crippen LogP contribution in [0.4, 0.5) is 5.69 Å². The normalized spacial score (nSPS) is 18.7. The van der Waals surface area contributed by atoms with Gasteiger partial charge in [-0.15, -0.1) is 0 Å². The molecule has 4 heteroatoms. The van der Waals surface area contributed by atoms with Gasteiger partial charge in [0.15, 0.2) is 0 Å². The number of nitrogens with one attached hydrogen (secondary N) is 1. The van der Waals surface area contributed by atoms with Crippen LogP contribution in [0.1, 0.15) is 34.0 Å². The summed E-state index contributed by atoms with van der Waals surface area (Å²) >= 11 is 0. The number of rotatable bonds is 3. The summed E-state index contributed by atoms with van der Waals surface area (Å²) in [6.07, 6.45) is 3.73. The molecule has 0 fully saturated rings. The van der Waals surface area contributed by atoms with Crippen LogP contribution in [-0.4, -0.2) is 23.2 Å². The van der Waals surface area contributed by atoms with E-state index in [0.29, 0.717) is 17.0 Å². The SMILES string of the molecule is Cc1ccc(C(=O)Nc2ccc3c(c2)C=CC(C)(CO)O3)c(C)c1. The maximum Gasteiger partial charge on any atom is 0.255 e. The molecular formula is C20H21NO3. The predicted octanol–water partition coefficient (Wildman–Crippen LogP) is 3.71. The van der Waals surface area contributed by atoms with E-state index in [1.807, 2.05) is 63.3 Å². The Morgan fingerprint density at radius 1 is 1.21 bits per heavy atom. The van der Waals surface area contributed by atoms with Crippen LogP contribution in [0, 0.1) is 13.8 Å². The Labute approximate surface area is 141 Å². The van der Waals surface area contributed by atoms with Crippen LogP contribution in [0.25, 0.3) is 6.08 Å². The second kappa shape index (κ2) is 6.13. The Balaban J connectivity index is 1.81. The van der Waals surface area contributed by atoms with Gasteiger partial charge in [0, 0.05) is 16.8 Å². The van der Waals surface area contributed by atoms with Crippen molar-refractivity contribution in [2.45, 2.75) is 26.4 Å². The Bertz CT molecular complexity index is 826. The summed E-state index contributed by atoms with van der Waals surface area (Å²) in [6, 6.07) is 11.2. The first-order chi connectivity index (χ1) is 11.4. The van der Waals surface area contributed by atoms with Crippen molar-refractivity contribution in [1.82, 2.24) is 0 Å². The number of aliphatic hydroxyl groups is 1. The Kier molecular flexibility index (Phi) is 4.16. The van der Waals surface area contributed by atoms with Gasteiger partial charge in [-0.1, -0.05) is 23.8 Å². The van der Waals surface area contributed by atoms with E-state index in [9.17, 15) is 9.90 Å². The molecule has 0 radical (unpaired) electrons. The maximum absolute atomic E-state index is 12.5. The zero-order valence-corrected chi connectivity index (χ0v) is 14.1. The lowest BCUT2D eigenvalue weighted by Gasteiger charge is -2.29. The van der Waals surface area contributed by atoms with Crippen molar-refractivity contribution in [2.75, 3.05) is 11.9 Å². The molecule has 0 aliphatic carbocycles. The number of hydrogen-bond donors (Lipinski definition) is 2. The number of amides is 1. The molecular weight excluding hydrogens is 302 g/mol. The number of carbonyl (C=O) groups is 1. The average Bonchev–Trinajstić information content (AvgIpc) is 2.55. The van der Waals surface area contributed by atoms with Gasteiger partial charge in [0.05, 0.1) is 6.61 Å². The molecule has 4 nitrogen and oxygen atoms in total. The summed E-state index contributed by atoms with van der Waals surface area (Å²) in [4.78, 5) is 12.5. The molecule has 2 N–H and O–H groups in total. The molecule has 1 amide bonds. The van der Waals surface area contributed by atoms with Gasteiger partial charge in [0.1, 0.15) is 11.4 Å². The summed E-state index contributed by atoms with van der Waals surface area (Å²) in [7, 11) is 0. The van der Waals surface area contributed by atoms with Crippen molar-refractivity contribution in [3.8, 4) is 5.75 Å². The number of fused-ring (bicyclic) bond motifs is 1. The fourth-order valence-electron chi connectivity index (χ4n) is 2.75. The second-order valence-corrected chi connectivity index (χ2v) is 6.43. The molecule has 0 spiro atoms. The van der Waals surface area contributed by atoms with E-state index in [4.69, 9.17) is 4.74 Å². The number of anilines is 1. The van der Waals surface area contributed by atoms with E-state index in [1.54, 1.807) is 6.07 Å². The highest BCUT2D eigenvalue weighted by atomic mass is 16.5. The molecule has 1 aliphatic rings. The standard InChI is InChI=1S/C20H21NO3/c1-13-4-6-17(14(2)10-13)19(23)21-16-5-7-18-15(11-16)8-9-20(3,12-22)24-18/h4-11,22H,12H2,1-3H3,(H,21,23). The van der Waals surface area contributed by atoms with Crippen molar-refractivity contribution < 1.29 is 14.6 Å². The van der Waals surface area contributed by atoms with Gasteiger partial charge in [-0.2, -0.15) is 0 Å². The molecule has 0 saturated carbocycles. The third kappa shape index (κ3) is 3.19. The minimum atomic E-state index is -0.698. The van der Waals surface area contributed by atoms with E-state index in [0.717, 1.165) is 16.7 Å². The summed E-state index contributed by atoms with van der Waals surface area (Å²) in [5.41, 5.74) is 3.63. The minimum Gasteiger partial charge on any atom is -0.480 e. The molecule has 0 aromatic heterocycles. The van der Waals surface area contributed by atoms with E-state index >= 15 is 0 Å². The number of aliphatic hydroxyl groups excluding tert-OH is 1. The van der Waals surface area contributed by atoms with Crippen molar-refractivity contribution in [1.29, 1.82) is 0 Å². The highest BCUT2D eigenvalue weighted by Gasteiger charge is 2.26. The average molecular weight is 323 g/mol. The van der Waals surface area contributed by atoms with E-state index < -0.39 is 5.60 Å². The highest BCUT2D eigenvalue weighted by molar-refractivity contribution is 6.05. The molecule has 24 heavy (non-hydrogen) atoms. The maximum atomic E-state index is 12.5. The molecule has 2 aromatic rings. The Morgan fingerprint density at radius 2 is 2.00 bits per heavy atom. The largest absolute Gasteiger partial charge is 0.480 e. The fourth-order valence-corrected chi connectivity index (χ4v) is 2.75. The predicted molar refractivity (Wildman–Crippen MR) is 95.5 cm³/mol. The summed E-state index contributed by atoms with van der Waals surface area (Å²) in [5.74, 6) is 0.562. The number of hydrogen-bond acceptors (Lipinski definition) is 3. The number of ether oxygens (including phenoxy) is 1. The van der Waals surface area contributed by atoms with Gasteiger partial charge in [-0.25, -0.2) is 0 Å². The van der Waals surface area contributed by atoms with Crippen LogP contribution in [0.3, 0.4) is 0 Å². The van der Waals surface area contributed by atoms with Gasteiger partial charge in [0.2, 0.25) is 0 Å². The highest BCUT2D eigenvalue weighted by Crippen LogP contribution is 2.32. The van der Waals surface area contributed by atoms with Crippen LogP contribution in [-0.2, 0) is 0 Å². The number of aryl methyl sites for hydroxylation is 2. The molecule has 3 rings (SSSR count). The van der Waals surface area contributed by atoms with Crippen LogP contribution in [0.2, 0.25) is 0 Å². The van der Waals surface area contributed by atoms with Crippen LogP contribution >= 0.6 is 0 Å². The van der Waals surface area contributed by atoms with Gasteiger partial charge in [-0.05, 0) is 56.7 Å². The van der Waals surface area contributed by atoms with Crippen molar-refractivity contribution in [2.24, 2.45) is 0 Å². The Morgan fingerprint density at radius 3 is 2.71 bits per heavy atom. The molecule has 2 aromatic carbocycles. The van der Waals surface area contributed by atoms with E-state index in [-0.39, 0.29) is 12.5 Å². The van der Waals surface area contributed by atoms with Crippen molar-refractivity contribution in [3.05, 3.63) is 64.7 Å².